The lowest BCUT2D eigenvalue weighted by molar-refractivity contribution is -0.225. The van der Waals surface area contributed by atoms with Gasteiger partial charge in [0.05, 0.1) is 27.8 Å². The maximum absolute atomic E-state index is 12.4. The highest BCUT2D eigenvalue weighted by Gasteiger charge is 2.60. The van der Waals surface area contributed by atoms with E-state index in [-0.39, 0.29) is 97.6 Å². The van der Waals surface area contributed by atoms with Crippen molar-refractivity contribution in [1.29, 1.82) is 0 Å². The van der Waals surface area contributed by atoms with E-state index in [0.29, 0.717) is 49.9 Å². The summed E-state index contributed by atoms with van der Waals surface area (Å²) in [6.45, 7) is 19.0. The van der Waals surface area contributed by atoms with E-state index in [2.05, 4.69) is 0 Å². The second-order valence-corrected chi connectivity index (χ2v) is 22.7. The second-order valence-electron chi connectivity index (χ2n) is 22.7. The minimum atomic E-state index is -0.741. The van der Waals surface area contributed by atoms with Crippen LogP contribution in [-0.4, -0.2) is 75.9 Å². The third kappa shape index (κ3) is 14.7. The van der Waals surface area contributed by atoms with Crippen LogP contribution in [0.15, 0.2) is 0 Å². The van der Waals surface area contributed by atoms with Crippen molar-refractivity contribution in [2.75, 3.05) is 0 Å². The molecule has 394 valence electrons. The van der Waals surface area contributed by atoms with Crippen LogP contribution in [0.4, 0.5) is 0 Å². The van der Waals surface area contributed by atoms with Crippen molar-refractivity contribution in [1.82, 2.24) is 0 Å². The van der Waals surface area contributed by atoms with Gasteiger partial charge in [0.15, 0.2) is 6.10 Å². The SMILES string of the molecule is C.C.C.C.C.C.CCC(C)(C)C(=O)OC(C)OC1CC2(CCCCC2)OC1=O.CCC(C)(C)C(=O)OC12CC3CC(C1)OC(=O)C(C3)C2.CCC(C)(C)C(=O)OC12CC3CC(CC(O)(C3)C1)C2. The van der Waals surface area contributed by atoms with Gasteiger partial charge >= 0.3 is 29.8 Å². The van der Waals surface area contributed by atoms with E-state index in [1.807, 2.05) is 62.3 Å². The highest BCUT2D eigenvalue weighted by atomic mass is 16.7. The van der Waals surface area contributed by atoms with E-state index >= 15 is 0 Å². The maximum atomic E-state index is 12.4. The molecule has 8 bridgehead atoms. The fourth-order valence-corrected chi connectivity index (χ4v) is 11.8. The molecule has 10 aliphatic rings. The standard InChI is InChI=1S/C17H28O5.C16H24O4.C16H26O3.6CH4/c1-5-16(3,4)15(19)21-12(2)20-13-11-17(22-14(13)18)9-7-6-8-10-17;1-4-15(2,3)14(18)20-16-7-10-5-11(8-16)13(17)19-12(6-10)9-16;1-4-14(2,3)13(17)19-16-8-11-5-12(9-16)7-15(18,6-11)10-16;;;;;;/h12-13H,5-11H2,1-4H3;10-12H,4-9H2,1-3H3;11-12,18H,4-10H2,1-3H3;6*1H4. The van der Waals surface area contributed by atoms with Crippen molar-refractivity contribution < 1.29 is 57.5 Å². The minimum absolute atomic E-state index is 0. The van der Waals surface area contributed by atoms with Crippen LogP contribution < -0.4 is 0 Å². The van der Waals surface area contributed by atoms with Crippen LogP contribution in [0.1, 0.15) is 242 Å². The van der Waals surface area contributed by atoms with Crippen molar-refractivity contribution in [3.05, 3.63) is 0 Å². The molecule has 0 aromatic carbocycles. The molecule has 0 aromatic rings. The number of hydrogen-bond acceptors (Lipinski definition) is 12. The zero-order valence-electron chi connectivity index (χ0n) is 39.1. The van der Waals surface area contributed by atoms with Gasteiger partial charge < -0.3 is 33.5 Å². The summed E-state index contributed by atoms with van der Waals surface area (Å²) in [6, 6.07) is 0. The van der Waals surface area contributed by atoms with Crippen molar-refractivity contribution >= 4 is 29.8 Å². The molecule has 0 amide bonds. The Morgan fingerprint density at radius 1 is 0.627 bits per heavy atom. The number of esters is 5. The van der Waals surface area contributed by atoms with Gasteiger partial charge in [-0.05, 0) is 163 Å². The van der Waals surface area contributed by atoms with E-state index in [1.165, 1.54) is 12.8 Å². The van der Waals surface area contributed by atoms with Crippen molar-refractivity contribution in [3.63, 3.8) is 0 Å². The first-order valence-electron chi connectivity index (χ1n) is 23.9. The third-order valence-electron chi connectivity index (χ3n) is 16.1. The molecule has 67 heavy (non-hydrogen) atoms. The van der Waals surface area contributed by atoms with Crippen LogP contribution >= 0.6 is 0 Å². The predicted molar refractivity (Wildman–Crippen MR) is 267 cm³/mol. The molecule has 0 radical (unpaired) electrons. The van der Waals surface area contributed by atoms with Crippen LogP contribution in [0.25, 0.3) is 0 Å². The Morgan fingerprint density at radius 3 is 1.63 bits per heavy atom. The Bertz CT molecular complexity index is 1630. The summed E-state index contributed by atoms with van der Waals surface area (Å²) in [5.41, 5.74) is -3.12. The number of fused-ring (bicyclic) bond motifs is 1. The highest BCUT2D eigenvalue weighted by molar-refractivity contribution is 5.79. The average Bonchev–Trinajstić information content (AvgIpc) is 3.35. The van der Waals surface area contributed by atoms with Crippen molar-refractivity contribution in [2.24, 2.45) is 39.9 Å². The van der Waals surface area contributed by atoms with E-state index < -0.39 is 39.8 Å². The van der Waals surface area contributed by atoms with Gasteiger partial charge in [0, 0.05) is 25.7 Å². The molecular formula is C55H102O12. The summed E-state index contributed by atoms with van der Waals surface area (Å²) in [7, 11) is 0. The van der Waals surface area contributed by atoms with E-state index in [9.17, 15) is 29.1 Å². The number of carbonyl (C=O) groups is 5. The zero-order valence-corrected chi connectivity index (χ0v) is 39.1. The predicted octanol–water partition coefficient (Wildman–Crippen LogP) is 13.1. The van der Waals surface area contributed by atoms with E-state index in [0.717, 1.165) is 83.5 Å². The van der Waals surface area contributed by atoms with Crippen LogP contribution in [0, 0.1) is 39.9 Å². The summed E-state index contributed by atoms with van der Waals surface area (Å²) in [5.74, 6) is 0.600. The van der Waals surface area contributed by atoms with Gasteiger partial charge in [-0.15, -0.1) is 0 Å². The largest absolute Gasteiger partial charge is 0.462 e. The molecule has 10 rings (SSSR count). The highest BCUT2D eigenvalue weighted by Crippen LogP contribution is 2.59. The molecule has 1 N–H and O–H groups in total. The number of ether oxygens (including phenoxy) is 6. The maximum Gasteiger partial charge on any atom is 0.336 e. The molecule has 0 aromatic heterocycles. The van der Waals surface area contributed by atoms with Gasteiger partial charge in [-0.2, -0.15) is 0 Å². The lowest BCUT2D eigenvalue weighted by atomic mass is 9.52. The average molecular weight is 955 g/mol. The molecule has 3 heterocycles. The zero-order chi connectivity index (χ0) is 44.8. The first-order chi connectivity index (χ1) is 28.4. The summed E-state index contributed by atoms with van der Waals surface area (Å²) >= 11 is 0. The fourth-order valence-electron chi connectivity index (χ4n) is 11.8. The van der Waals surface area contributed by atoms with Gasteiger partial charge in [-0.3, -0.25) is 19.2 Å². The molecule has 7 aliphatic carbocycles. The summed E-state index contributed by atoms with van der Waals surface area (Å²) < 4.78 is 34.0. The van der Waals surface area contributed by atoms with Crippen molar-refractivity contribution in [3.8, 4) is 0 Å². The van der Waals surface area contributed by atoms with E-state index in [4.69, 9.17) is 28.4 Å². The Labute approximate surface area is 409 Å². The Balaban J connectivity index is 0.000000935. The molecule has 3 saturated heterocycles. The molecular weight excluding hydrogens is 853 g/mol. The molecule has 12 nitrogen and oxygen atoms in total. The van der Waals surface area contributed by atoms with Crippen molar-refractivity contribution in [2.45, 2.75) is 283 Å². The van der Waals surface area contributed by atoms with E-state index in [1.54, 1.807) is 6.92 Å². The lowest BCUT2D eigenvalue weighted by Gasteiger charge is -2.59. The molecule has 8 unspecified atom stereocenters. The van der Waals surface area contributed by atoms with Gasteiger partial charge in [-0.1, -0.05) is 71.8 Å². The summed E-state index contributed by atoms with van der Waals surface area (Å²) in [5, 5.41) is 10.6. The minimum Gasteiger partial charge on any atom is -0.462 e. The van der Waals surface area contributed by atoms with Gasteiger partial charge in [0.2, 0.25) is 6.29 Å². The summed E-state index contributed by atoms with van der Waals surface area (Å²) in [6.07, 6.45) is 16.4. The number of hydrogen-bond donors (Lipinski definition) is 1. The van der Waals surface area contributed by atoms with Crippen LogP contribution in [0.2, 0.25) is 0 Å². The topological polar surface area (TPSA) is 161 Å². The Morgan fingerprint density at radius 2 is 1.12 bits per heavy atom. The Hall–Kier alpha value is -2.73. The number of rotatable bonds is 11. The lowest BCUT2D eigenvalue weighted by Crippen LogP contribution is -2.61. The third-order valence-corrected chi connectivity index (χ3v) is 16.1. The number of carbonyl (C=O) groups excluding carboxylic acids is 5. The van der Waals surface area contributed by atoms with Crippen LogP contribution in [-0.2, 0) is 52.4 Å². The molecule has 7 saturated carbocycles. The molecule has 1 spiro atoms. The van der Waals surface area contributed by atoms with Crippen LogP contribution in [0.5, 0.6) is 0 Å². The normalized spacial score (nSPS) is 32.8. The fraction of sp³-hybridized carbons (Fsp3) is 0.909. The Kier molecular flexibility index (Phi) is 22.9. The first kappa shape index (κ1) is 64.3. The second kappa shape index (κ2) is 23.9. The summed E-state index contributed by atoms with van der Waals surface area (Å²) in [4.78, 5) is 60.9. The molecule has 12 heteroatoms. The van der Waals surface area contributed by atoms with Gasteiger partial charge in [-0.25, -0.2) is 4.79 Å². The quantitative estimate of drug-likeness (QED) is 0.119. The van der Waals surface area contributed by atoms with Gasteiger partial charge in [0.1, 0.15) is 22.9 Å². The van der Waals surface area contributed by atoms with Gasteiger partial charge in [0.25, 0.3) is 0 Å². The molecule has 3 aliphatic heterocycles. The molecule has 10 fully saturated rings. The first-order valence-corrected chi connectivity index (χ1v) is 23.9. The van der Waals surface area contributed by atoms with Crippen LogP contribution in [0.3, 0.4) is 0 Å². The monoisotopic (exact) mass is 955 g/mol. The molecule has 8 atom stereocenters. The smallest absolute Gasteiger partial charge is 0.336 e. The number of aliphatic hydroxyl groups is 1.